The van der Waals surface area contributed by atoms with E-state index in [1.54, 1.807) is 0 Å². The maximum atomic E-state index is 13.4. The fraction of sp³-hybridized carbons (Fsp3) is 0.500. The van der Waals surface area contributed by atoms with Gasteiger partial charge in [0.15, 0.2) is 0 Å². The van der Waals surface area contributed by atoms with Crippen molar-refractivity contribution < 1.29 is 13.6 Å². The van der Waals surface area contributed by atoms with Gasteiger partial charge in [-0.15, -0.1) is 0 Å². The molecule has 5 heteroatoms. The van der Waals surface area contributed by atoms with E-state index in [0.29, 0.717) is 12.6 Å². The van der Waals surface area contributed by atoms with Crippen LogP contribution in [-0.2, 0) is 11.3 Å². The molecule has 0 aliphatic heterocycles. The summed E-state index contributed by atoms with van der Waals surface area (Å²) in [6.07, 6.45) is 2.14. The molecular weight excluding hydrogens is 250 g/mol. The fourth-order valence-electron chi connectivity index (χ4n) is 2.11. The van der Waals surface area contributed by atoms with Crippen molar-refractivity contribution in [3.05, 3.63) is 35.4 Å². The summed E-state index contributed by atoms with van der Waals surface area (Å²) >= 11 is 0. The van der Waals surface area contributed by atoms with Gasteiger partial charge in [0.2, 0.25) is 5.91 Å². The van der Waals surface area contributed by atoms with Gasteiger partial charge in [0.25, 0.3) is 0 Å². The summed E-state index contributed by atoms with van der Waals surface area (Å²) in [5, 5.41) is 2.87. The summed E-state index contributed by atoms with van der Waals surface area (Å²) < 4.78 is 26.3. The first-order valence-corrected chi connectivity index (χ1v) is 6.56. The van der Waals surface area contributed by atoms with Crippen molar-refractivity contribution >= 4 is 5.91 Å². The number of likely N-dealkylation sites (N-methyl/N-ethyl adjacent to an activating group) is 1. The van der Waals surface area contributed by atoms with Crippen LogP contribution in [0.5, 0.6) is 0 Å². The van der Waals surface area contributed by atoms with Crippen molar-refractivity contribution in [1.29, 1.82) is 0 Å². The molecule has 1 saturated carbocycles. The molecule has 1 N–H and O–H groups in total. The minimum atomic E-state index is -0.474. The van der Waals surface area contributed by atoms with E-state index in [0.717, 1.165) is 31.0 Å². The van der Waals surface area contributed by atoms with E-state index in [4.69, 9.17) is 0 Å². The molecule has 0 radical (unpaired) electrons. The summed E-state index contributed by atoms with van der Waals surface area (Å²) in [7, 11) is 0. The Labute approximate surface area is 111 Å². The third kappa shape index (κ3) is 3.73. The van der Waals surface area contributed by atoms with E-state index in [2.05, 4.69) is 5.32 Å². The van der Waals surface area contributed by atoms with Crippen LogP contribution >= 0.6 is 0 Å². The maximum absolute atomic E-state index is 13.4. The summed E-state index contributed by atoms with van der Waals surface area (Å²) in [5.41, 5.74) is 0.238. The van der Waals surface area contributed by atoms with Gasteiger partial charge in [0.05, 0.1) is 6.54 Å². The normalized spacial score (nSPS) is 14.5. The Morgan fingerprint density at radius 1 is 1.42 bits per heavy atom. The Morgan fingerprint density at radius 3 is 2.79 bits per heavy atom. The predicted octanol–water partition coefficient (Wildman–Crippen LogP) is 2.07. The van der Waals surface area contributed by atoms with E-state index < -0.39 is 11.6 Å². The first-order chi connectivity index (χ1) is 9.11. The first kappa shape index (κ1) is 13.9. The number of benzene rings is 1. The molecule has 0 aromatic heterocycles. The van der Waals surface area contributed by atoms with E-state index in [1.807, 2.05) is 11.8 Å². The highest BCUT2D eigenvalue weighted by atomic mass is 19.1. The van der Waals surface area contributed by atoms with Gasteiger partial charge in [-0.3, -0.25) is 4.79 Å². The molecule has 1 aliphatic carbocycles. The molecule has 19 heavy (non-hydrogen) atoms. The zero-order chi connectivity index (χ0) is 13.8. The zero-order valence-corrected chi connectivity index (χ0v) is 11.0. The fourth-order valence-corrected chi connectivity index (χ4v) is 2.11. The molecule has 1 aromatic rings. The second kappa shape index (κ2) is 6.10. The molecule has 1 fully saturated rings. The molecule has 1 aromatic carbocycles. The van der Waals surface area contributed by atoms with Crippen LogP contribution in [-0.4, -0.2) is 29.9 Å². The Morgan fingerprint density at radius 2 is 2.16 bits per heavy atom. The van der Waals surface area contributed by atoms with E-state index in [9.17, 15) is 13.6 Å². The highest BCUT2D eigenvalue weighted by Crippen LogP contribution is 2.26. The van der Waals surface area contributed by atoms with Crippen LogP contribution < -0.4 is 5.32 Å². The van der Waals surface area contributed by atoms with Crippen molar-refractivity contribution in [3.8, 4) is 0 Å². The molecule has 2 rings (SSSR count). The number of carbonyl (C=O) groups is 1. The standard InChI is InChI=1S/C14H18F2N2O/c1-2-18(12-4-5-12)14(19)9-17-8-10-7-11(15)3-6-13(10)16/h3,6-7,12,17H,2,4-5,8-9H2,1H3. The number of rotatable bonds is 6. The summed E-state index contributed by atoms with van der Waals surface area (Å²) in [6.45, 7) is 2.94. The van der Waals surface area contributed by atoms with Crippen LogP contribution in [0.1, 0.15) is 25.3 Å². The Hall–Kier alpha value is -1.49. The summed E-state index contributed by atoms with van der Waals surface area (Å²) in [6, 6.07) is 3.70. The maximum Gasteiger partial charge on any atom is 0.236 e. The molecule has 1 aliphatic rings. The molecular formula is C14H18F2N2O. The van der Waals surface area contributed by atoms with Crippen molar-refractivity contribution in [3.63, 3.8) is 0 Å². The molecule has 0 atom stereocenters. The van der Waals surface area contributed by atoms with Gasteiger partial charge in [0, 0.05) is 24.7 Å². The van der Waals surface area contributed by atoms with Crippen molar-refractivity contribution in [2.24, 2.45) is 0 Å². The SMILES string of the molecule is CCN(C(=O)CNCc1cc(F)ccc1F)C1CC1. The molecule has 0 bridgehead atoms. The van der Waals surface area contributed by atoms with Crippen LogP contribution in [0.15, 0.2) is 18.2 Å². The van der Waals surface area contributed by atoms with Crippen molar-refractivity contribution in [1.82, 2.24) is 10.2 Å². The summed E-state index contributed by atoms with van der Waals surface area (Å²) in [5.74, 6) is -0.921. The minimum absolute atomic E-state index is 0.0156. The topological polar surface area (TPSA) is 32.3 Å². The van der Waals surface area contributed by atoms with Crippen LogP contribution in [0.4, 0.5) is 8.78 Å². The van der Waals surface area contributed by atoms with Crippen LogP contribution in [0.25, 0.3) is 0 Å². The zero-order valence-electron chi connectivity index (χ0n) is 11.0. The number of amides is 1. The Bertz CT molecular complexity index is 461. The van der Waals surface area contributed by atoms with Crippen LogP contribution in [0, 0.1) is 11.6 Å². The number of nitrogens with zero attached hydrogens (tertiary/aromatic N) is 1. The number of hydrogen-bond donors (Lipinski definition) is 1. The lowest BCUT2D eigenvalue weighted by molar-refractivity contribution is -0.130. The predicted molar refractivity (Wildman–Crippen MR) is 68.5 cm³/mol. The summed E-state index contributed by atoms with van der Waals surface area (Å²) in [4.78, 5) is 13.7. The molecule has 1 amide bonds. The van der Waals surface area contributed by atoms with Gasteiger partial charge >= 0.3 is 0 Å². The number of carbonyl (C=O) groups excluding carboxylic acids is 1. The van der Waals surface area contributed by atoms with Gasteiger partial charge in [-0.25, -0.2) is 8.78 Å². The molecule has 104 valence electrons. The molecule has 3 nitrogen and oxygen atoms in total. The van der Waals surface area contributed by atoms with Gasteiger partial charge in [-0.05, 0) is 38.0 Å². The van der Waals surface area contributed by atoms with E-state index >= 15 is 0 Å². The quantitative estimate of drug-likeness (QED) is 0.856. The second-order valence-electron chi connectivity index (χ2n) is 4.75. The van der Waals surface area contributed by atoms with Crippen LogP contribution in [0.3, 0.4) is 0 Å². The van der Waals surface area contributed by atoms with E-state index in [-0.39, 0.29) is 24.6 Å². The molecule has 0 spiro atoms. The van der Waals surface area contributed by atoms with Gasteiger partial charge < -0.3 is 10.2 Å². The minimum Gasteiger partial charge on any atom is -0.339 e. The van der Waals surface area contributed by atoms with Gasteiger partial charge in [-0.2, -0.15) is 0 Å². The second-order valence-corrected chi connectivity index (χ2v) is 4.75. The van der Waals surface area contributed by atoms with Gasteiger partial charge in [-0.1, -0.05) is 0 Å². The Balaban J connectivity index is 1.82. The van der Waals surface area contributed by atoms with E-state index in [1.165, 1.54) is 0 Å². The van der Waals surface area contributed by atoms with Gasteiger partial charge in [0.1, 0.15) is 11.6 Å². The number of halogens is 2. The molecule has 0 saturated heterocycles. The average Bonchev–Trinajstić information content (AvgIpc) is 3.19. The lowest BCUT2D eigenvalue weighted by atomic mass is 10.2. The lowest BCUT2D eigenvalue weighted by Gasteiger charge is -2.20. The molecule has 0 heterocycles. The molecule has 0 unspecified atom stereocenters. The van der Waals surface area contributed by atoms with Crippen molar-refractivity contribution in [2.45, 2.75) is 32.4 Å². The largest absolute Gasteiger partial charge is 0.339 e. The Kier molecular flexibility index (Phi) is 4.47. The average molecular weight is 268 g/mol. The number of nitrogens with one attached hydrogen (secondary N) is 1. The number of hydrogen-bond acceptors (Lipinski definition) is 2. The lowest BCUT2D eigenvalue weighted by Crippen LogP contribution is -2.39. The third-order valence-corrected chi connectivity index (χ3v) is 3.25. The van der Waals surface area contributed by atoms with Crippen LogP contribution in [0.2, 0.25) is 0 Å². The highest BCUT2D eigenvalue weighted by molar-refractivity contribution is 5.78. The van der Waals surface area contributed by atoms with Crippen molar-refractivity contribution in [2.75, 3.05) is 13.1 Å². The first-order valence-electron chi connectivity index (χ1n) is 6.56. The highest BCUT2D eigenvalue weighted by Gasteiger charge is 2.30. The smallest absolute Gasteiger partial charge is 0.236 e. The monoisotopic (exact) mass is 268 g/mol. The third-order valence-electron chi connectivity index (χ3n) is 3.25.